The summed E-state index contributed by atoms with van der Waals surface area (Å²) in [5, 5.41) is 9.46. The minimum absolute atomic E-state index is 0.0152. The Labute approximate surface area is 217 Å². The van der Waals surface area contributed by atoms with E-state index in [0.29, 0.717) is 44.3 Å². The molecule has 37 heavy (non-hydrogen) atoms. The molecule has 1 fully saturated rings. The second-order valence-corrected chi connectivity index (χ2v) is 10.3. The summed E-state index contributed by atoms with van der Waals surface area (Å²) in [5.74, 6) is -1.11. The van der Waals surface area contributed by atoms with Crippen molar-refractivity contribution in [3.05, 3.63) is 77.4 Å². The molecule has 1 N–H and O–H groups in total. The Morgan fingerprint density at radius 1 is 1.16 bits per heavy atom. The van der Waals surface area contributed by atoms with Crippen LogP contribution in [0.1, 0.15) is 43.2 Å². The van der Waals surface area contributed by atoms with Crippen molar-refractivity contribution < 1.29 is 23.1 Å². The number of halogens is 3. The molecule has 2 aliphatic rings. The van der Waals surface area contributed by atoms with E-state index >= 15 is 0 Å². The molecule has 0 bridgehead atoms. The van der Waals surface area contributed by atoms with Crippen LogP contribution in [0.5, 0.6) is 0 Å². The van der Waals surface area contributed by atoms with Crippen LogP contribution in [0.2, 0.25) is 0 Å². The molecule has 0 aromatic heterocycles. The van der Waals surface area contributed by atoms with Crippen molar-refractivity contribution in [1.82, 2.24) is 14.7 Å². The first kappa shape index (κ1) is 27.2. The summed E-state index contributed by atoms with van der Waals surface area (Å²) in [5.41, 5.74) is 0.577. The number of hydrogen-bond acceptors (Lipinski definition) is 3. The Hall–Kier alpha value is -2.84. The van der Waals surface area contributed by atoms with E-state index in [0.717, 1.165) is 23.8 Å². The van der Waals surface area contributed by atoms with Gasteiger partial charge in [-0.05, 0) is 74.7 Å². The van der Waals surface area contributed by atoms with Crippen molar-refractivity contribution in [1.29, 1.82) is 0 Å². The Bertz CT molecular complexity index is 1110. The van der Waals surface area contributed by atoms with Gasteiger partial charge in [-0.25, -0.2) is 18.0 Å². The molecule has 200 valence electrons. The van der Waals surface area contributed by atoms with E-state index < -0.39 is 23.3 Å². The first-order valence-electron chi connectivity index (χ1n) is 13.0. The van der Waals surface area contributed by atoms with Gasteiger partial charge in [-0.2, -0.15) is 0 Å². The van der Waals surface area contributed by atoms with Gasteiger partial charge >= 0.3 is 6.03 Å². The molecule has 0 aliphatic carbocycles. The fraction of sp³-hybridized carbons (Fsp3) is 0.483. The fourth-order valence-electron chi connectivity index (χ4n) is 5.68. The zero-order valence-electron chi connectivity index (χ0n) is 21.5. The number of amides is 2. The van der Waals surface area contributed by atoms with Crippen LogP contribution in [0.3, 0.4) is 0 Å². The predicted octanol–water partition coefficient (Wildman–Crippen LogP) is 5.21. The Kier molecular flexibility index (Phi) is 8.60. The van der Waals surface area contributed by atoms with E-state index in [-0.39, 0.29) is 37.2 Å². The summed E-state index contributed by atoms with van der Waals surface area (Å²) in [6.45, 7) is 1.12. The van der Waals surface area contributed by atoms with E-state index in [2.05, 4.69) is 0 Å². The number of benzene rings is 2. The standard InChI is InChI=1S/C29H36F3N3O2/c1-33-14-12-25(16-24(31)20-33)34(2)28(37)35-19-21(26-17-23(30)10-11-27(26)32)18-29(35,13-6-7-15-36)22-8-4-3-5-9-22/h3-5,8-11,17-18,24-25,36H,6-7,12-16,19-20H2,1-2H3/t24?,25?,29-/m0/s1. The Morgan fingerprint density at radius 3 is 2.65 bits per heavy atom. The summed E-state index contributed by atoms with van der Waals surface area (Å²) in [7, 11) is 3.58. The van der Waals surface area contributed by atoms with Crippen molar-refractivity contribution in [3.8, 4) is 0 Å². The third-order valence-electron chi connectivity index (χ3n) is 7.70. The average Bonchev–Trinajstić information content (AvgIpc) is 3.19. The smallest absolute Gasteiger partial charge is 0.321 e. The maximum atomic E-state index is 14.9. The molecule has 2 aliphatic heterocycles. The van der Waals surface area contributed by atoms with Crippen LogP contribution in [0.25, 0.3) is 5.57 Å². The molecule has 5 nitrogen and oxygen atoms in total. The zero-order chi connectivity index (χ0) is 26.6. The monoisotopic (exact) mass is 515 g/mol. The van der Waals surface area contributed by atoms with Crippen LogP contribution in [0.4, 0.5) is 18.0 Å². The van der Waals surface area contributed by atoms with E-state index in [1.807, 2.05) is 48.4 Å². The molecular formula is C29H36F3N3O2. The van der Waals surface area contributed by atoms with Crippen molar-refractivity contribution in [2.24, 2.45) is 0 Å². The minimum atomic E-state index is -1.04. The molecule has 0 saturated carbocycles. The highest BCUT2D eigenvalue weighted by Crippen LogP contribution is 2.45. The summed E-state index contributed by atoms with van der Waals surface area (Å²) < 4.78 is 43.7. The van der Waals surface area contributed by atoms with Gasteiger partial charge in [0, 0.05) is 44.8 Å². The number of aliphatic hydroxyl groups excluding tert-OH is 1. The normalized spacial score (nSPS) is 24.6. The first-order chi connectivity index (χ1) is 17.7. The molecular weight excluding hydrogens is 479 g/mol. The number of alkyl halides is 1. The molecule has 3 atom stereocenters. The van der Waals surface area contributed by atoms with Crippen LogP contribution in [0.15, 0.2) is 54.6 Å². The third kappa shape index (κ3) is 5.85. The van der Waals surface area contributed by atoms with Gasteiger partial charge in [0.1, 0.15) is 17.8 Å². The number of aliphatic hydroxyl groups is 1. The SMILES string of the molecule is CN1CCC(N(C)C(=O)N2CC(c3cc(F)ccc3F)=C[C@@]2(CCCCO)c2ccccc2)CC(F)C1. The van der Waals surface area contributed by atoms with Crippen LogP contribution >= 0.6 is 0 Å². The van der Waals surface area contributed by atoms with Gasteiger partial charge in [0.2, 0.25) is 0 Å². The molecule has 1 saturated heterocycles. The van der Waals surface area contributed by atoms with Crippen molar-refractivity contribution in [3.63, 3.8) is 0 Å². The molecule has 2 aromatic carbocycles. The second kappa shape index (κ2) is 11.7. The number of carbonyl (C=O) groups is 1. The van der Waals surface area contributed by atoms with Crippen LogP contribution in [0, 0.1) is 11.6 Å². The molecule has 0 spiro atoms. The van der Waals surface area contributed by atoms with Crippen LogP contribution in [-0.2, 0) is 5.54 Å². The van der Waals surface area contributed by atoms with Gasteiger partial charge in [-0.15, -0.1) is 0 Å². The molecule has 4 rings (SSSR count). The lowest BCUT2D eigenvalue weighted by molar-refractivity contribution is 0.103. The zero-order valence-corrected chi connectivity index (χ0v) is 21.5. The Balaban J connectivity index is 1.76. The minimum Gasteiger partial charge on any atom is -0.396 e. The van der Waals surface area contributed by atoms with E-state index in [1.165, 1.54) is 0 Å². The number of nitrogens with zero attached hydrogens (tertiary/aromatic N) is 3. The van der Waals surface area contributed by atoms with Crippen molar-refractivity contribution in [2.75, 3.05) is 40.3 Å². The van der Waals surface area contributed by atoms with Gasteiger partial charge in [-0.3, -0.25) is 0 Å². The summed E-state index contributed by atoms with van der Waals surface area (Å²) in [4.78, 5) is 19.4. The van der Waals surface area contributed by atoms with E-state index in [4.69, 9.17) is 0 Å². The largest absolute Gasteiger partial charge is 0.396 e. The molecule has 2 unspecified atom stereocenters. The third-order valence-corrected chi connectivity index (χ3v) is 7.70. The molecule has 2 heterocycles. The van der Waals surface area contributed by atoms with E-state index in [1.54, 1.807) is 16.8 Å². The number of rotatable bonds is 7. The van der Waals surface area contributed by atoms with Gasteiger partial charge in [0.15, 0.2) is 0 Å². The van der Waals surface area contributed by atoms with Crippen molar-refractivity contribution in [2.45, 2.75) is 49.9 Å². The van der Waals surface area contributed by atoms with Crippen LogP contribution < -0.4 is 0 Å². The highest BCUT2D eigenvalue weighted by Gasteiger charge is 2.46. The lowest BCUT2D eigenvalue weighted by Crippen LogP contribution is -2.53. The maximum absolute atomic E-state index is 14.9. The molecule has 2 amide bonds. The average molecular weight is 516 g/mol. The lowest BCUT2D eigenvalue weighted by Gasteiger charge is -2.42. The summed E-state index contributed by atoms with van der Waals surface area (Å²) >= 11 is 0. The molecule has 0 radical (unpaired) electrons. The first-order valence-corrected chi connectivity index (χ1v) is 13.0. The lowest BCUT2D eigenvalue weighted by atomic mass is 9.84. The van der Waals surface area contributed by atoms with Gasteiger partial charge < -0.3 is 19.8 Å². The Morgan fingerprint density at radius 2 is 1.92 bits per heavy atom. The highest BCUT2D eigenvalue weighted by atomic mass is 19.1. The molecule has 8 heteroatoms. The van der Waals surface area contributed by atoms with E-state index in [9.17, 15) is 23.1 Å². The van der Waals surface area contributed by atoms with Gasteiger partial charge in [-0.1, -0.05) is 30.3 Å². The number of unbranched alkanes of at least 4 members (excludes halogenated alkanes) is 1. The fourth-order valence-corrected chi connectivity index (χ4v) is 5.68. The molecule has 2 aromatic rings. The topological polar surface area (TPSA) is 47.0 Å². The maximum Gasteiger partial charge on any atom is 0.321 e. The number of urea groups is 1. The predicted molar refractivity (Wildman–Crippen MR) is 139 cm³/mol. The number of carbonyl (C=O) groups excluding carboxylic acids is 1. The van der Waals surface area contributed by atoms with Gasteiger partial charge in [0.25, 0.3) is 0 Å². The number of likely N-dealkylation sites (tertiary alicyclic amines) is 1. The second-order valence-electron chi connectivity index (χ2n) is 10.3. The van der Waals surface area contributed by atoms with Gasteiger partial charge in [0.05, 0.1) is 5.54 Å². The van der Waals surface area contributed by atoms with Crippen LogP contribution in [-0.4, -0.2) is 78.4 Å². The summed E-state index contributed by atoms with van der Waals surface area (Å²) in [6, 6.07) is 12.3. The highest BCUT2D eigenvalue weighted by molar-refractivity contribution is 5.83. The summed E-state index contributed by atoms with van der Waals surface area (Å²) in [6.07, 6.45) is 3.40. The quantitative estimate of drug-likeness (QED) is 0.516. The van der Waals surface area contributed by atoms with Crippen molar-refractivity contribution >= 4 is 11.6 Å². The number of hydrogen-bond donors (Lipinski definition) is 1.